The van der Waals surface area contributed by atoms with Crippen molar-refractivity contribution in [3.63, 3.8) is 0 Å². The highest BCUT2D eigenvalue weighted by Crippen LogP contribution is 2.24. The van der Waals surface area contributed by atoms with E-state index in [-0.39, 0.29) is 6.61 Å². The second-order valence-electron chi connectivity index (χ2n) is 2.85. The monoisotopic (exact) mass is 180 g/mol. The van der Waals surface area contributed by atoms with E-state index >= 15 is 0 Å². The van der Waals surface area contributed by atoms with Gasteiger partial charge in [0.05, 0.1) is 13.2 Å². The molecule has 6 heteroatoms. The van der Waals surface area contributed by atoms with Crippen LogP contribution in [0.2, 0.25) is 0 Å². The summed E-state index contributed by atoms with van der Waals surface area (Å²) in [6.45, 7) is -1.16. The van der Waals surface area contributed by atoms with Crippen molar-refractivity contribution in [1.82, 2.24) is 0 Å². The Morgan fingerprint density at radius 1 is 1.33 bits per heavy atom. The molecule has 0 aromatic rings. The SMILES string of the molecule is OC[C@@]1(O)[C@H](O)OC[C@@H](O)[C@@H]1O. The quantitative estimate of drug-likeness (QED) is 0.290. The van der Waals surface area contributed by atoms with E-state index in [0.717, 1.165) is 0 Å². The molecule has 1 aliphatic rings. The molecular formula is C6H12O6. The lowest BCUT2D eigenvalue weighted by molar-refractivity contribution is -0.310. The van der Waals surface area contributed by atoms with E-state index in [1.165, 1.54) is 0 Å². The Bertz CT molecular complexity index is 162. The highest BCUT2D eigenvalue weighted by molar-refractivity contribution is 4.95. The van der Waals surface area contributed by atoms with Crippen LogP contribution in [0.5, 0.6) is 0 Å². The van der Waals surface area contributed by atoms with Crippen LogP contribution >= 0.6 is 0 Å². The molecule has 0 saturated carbocycles. The standard InChI is InChI=1S/C6H12O6/c7-2-6(11)4(9)3(8)1-12-5(6)10/h3-5,7-11H,1-2H2/t3-,4+,5-,6+/m1/s1. The number of hydrogen-bond acceptors (Lipinski definition) is 6. The average molecular weight is 180 g/mol. The van der Waals surface area contributed by atoms with Crippen molar-refractivity contribution in [3.05, 3.63) is 0 Å². The molecule has 4 atom stereocenters. The van der Waals surface area contributed by atoms with Crippen LogP contribution in [0.1, 0.15) is 0 Å². The van der Waals surface area contributed by atoms with Crippen LogP contribution in [0, 0.1) is 0 Å². The van der Waals surface area contributed by atoms with Gasteiger partial charge < -0.3 is 30.3 Å². The summed E-state index contributed by atoms with van der Waals surface area (Å²) < 4.78 is 4.50. The van der Waals surface area contributed by atoms with Crippen molar-refractivity contribution in [2.45, 2.75) is 24.1 Å². The molecule has 6 nitrogen and oxygen atoms in total. The third-order valence-corrected chi connectivity index (χ3v) is 1.98. The Kier molecular flexibility index (Phi) is 2.67. The van der Waals surface area contributed by atoms with Crippen LogP contribution < -0.4 is 0 Å². The highest BCUT2D eigenvalue weighted by atomic mass is 16.6. The maximum absolute atomic E-state index is 9.35. The molecule has 5 N–H and O–H groups in total. The molecule has 0 unspecified atom stereocenters. The van der Waals surface area contributed by atoms with E-state index in [0.29, 0.717) is 0 Å². The molecule has 1 aliphatic heterocycles. The zero-order chi connectivity index (χ0) is 9.35. The molecule has 1 rings (SSSR count). The van der Waals surface area contributed by atoms with Crippen molar-refractivity contribution in [2.24, 2.45) is 0 Å². The van der Waals surface area contributed by atoms with E-state index < -0.39 is 30.7 Å². The van der Waals surface area contributed by atoms with Crippen LogP contribution in [0.4, 0.5) is 0 Å². The fraction of sp³-hybridized carbons (Fsp3) is 1.00. The minimum atomic E-state index is -2.20. The average Bonchev–Trinajstić information content (AvgIpc) is 2.08. The summed E-state index contributed by atoms with van der Waals surface area (Å²) in [5.74, 6) is 0. The van der Waals surface area contributed by atoms with Crippen molar-refractivity contribution < 1.29 is 30.3 Å². The van der Waals surface area contributed by atoms with Crippen molar-refractivity contribution in [2.75, 3.05) is 13.2 Å². The van der Waals surface area contributed by atoms with Crippen LogP contribution in [0.25, 0.3) is 0 Å². The molecule has 0 aromatic heterocycles. The lowest BCUT2D eigenvalue weighted by atomic mass is 9.91. The minimum Gasteiger partial charge on any atom is -0.393 e. The molecule has 1 heterocycles. The third kappa shape index (κ3) is 1.33. The lowest BCUT2D eigenvalue weighted by Crippen LogP contribution is -2.64. The first-order valence-electron chi connectivity index (χ1n) is 3.51. The summed E-state index contributed by atoms with van der Waals surface area (Å²) in [5.41, 5.74) is -2.20. The minimum absolute atomic E-state index is 0.273. The Morgan fingerprint density at radius 3 is 2.33 bits per heavy atom. The Balaban J connectivity index is 2.78. The second-order valence-corrected chi connectivity index (χ2v) is 2.85. The fourth-order valence-corrected chi connectivity index (χ4v) is 1.08. The van der Waals surface area contributed by atoms with Gasteiger partial charge in [0, 0.05) is 0 Å². The van der Waals surface area contributed by atoms with Crippen LogP contribution in [0.15, 0.2) is 0 Å². The largest absolute Gasteiger partial charge is 0.393 e. The van der Waals surface area contributed by atoms with E-state index in [9.17, 15) is 5.11 Å². The predicted molar refractivity (Wildman–Crippen MR) is 36.0 cm³/mol. The molecule has 72 valence electrons. The molecule has 0 radical (unpaired) electrons. The summed E-state index contributed by atoms with van der Waals surface area (Å²) in [5, 5.41) is 45.2. The molecule has 0 aliphatic carbocycles. The summed E-state index contributed by atoms with van der Waals surface area (Å²) >= 11 is 0. The Morgan fingerprint density at radius 2 is 1.92 bits per heavy atom. The first-order valence-corrected chi connectivity index (χ1v) is 3.51. The van der Waals surface area contributed by atoms with Gasteiger partial charge >= 0.3 is 0 Å². The van der Waals surface area contributed by atoms with Gasteiger partial charge in [-0.3, -0.25) is 0 Å². The van der Waals surface area contributed by atoms with E-state index in [1.807, 2.05) is 0 Å². The molecule has 0 bridgehead atoms. The van der Waals surface area contributed by atoms with E-state index in [4.69, 9.17) is 20.4 Å². The summed E-state index contributed by atoms with van der Waals surface area (Å²) in [6.07, 6.45) is -4.59. The molecule has 1 fully saturated rings. The number of hydrogen-bond donors (Lipinski definition) is 5. The molecule has 0 spiro atoms. The maximum Gasteiger partial charge on any atom is 0.188 e. The van der Waals surface area contributed by atoms with Crippen LogP contribution in [0.3, 0.4) is 0 Å². The van der Waals surface area contributed by atoms with Gasteiger partial charge in [-0.2, -0.15) is 0 Å². The maximum atomic E-state index is 9.35. The molecule has 0 amide bonds. The predicted octanol–water partition coefficient (Wildman–Crippen LogP) is -3.22. The van der Waals surface area contributed by atoms with Crippen molar-refractivity contribution in [1.29, 1.82) is 0 Å². The molecule has 12 heavy (non-hydrogen) atoms. The number of ether oxygens (including phenoxy) is 1. The van der Waals surface area contributed by atoms with Gasteiger partial charge in [-0.05, 0) is 0 Å². The first kappa shape index (κ1) is 9.85. The van der Waals surface area contributed by atoms with Crippen molar-refractivity contribution in [3.8, 4) is 0 Å². The molecule has 1 saturated heterocycles. The fourth-order valence-electron chi connectivity index (χ4n) is 1.08. The number of aliphatic hydroxyl groups excluding tert-OH is 4. The zero-order valence-corrected chi connectivity index (χ0v) is 6.29. The van der Waals surface area contributed by atoms with Crippen LogP contribution in [-0.4, -0.2) is 62.8 Å². The third-order valence-electron chi connectivity index (χ3n) is 1.98. The summed E-state index contributed by atoms with van der Waals surface area (Å²) in [4.78, 5) is 0. The van der Waals surface area contributed by atoms with Gasteiger partial charge in [0.2, 0.25) is 0 Å². The van der Waals surface area contributed by atoms with Crippen LogP contribution in [-0.2, 0) is 4.74 Å². The Labute approximate surface area is 68.6 Å². The van der Waals surface area contributed by atoms with Gasteiger partial charge in [0.25, 0.3) is 0 Å². The molecule has 0 aromatic carbocycles. The lowest BCUT2D eigenvalue weighted by Gasteiger charge is -2.41. The zero-order valence-electron chi connectivity index (χ0n) is 6.29. The van der Waals surface area contributed by atoms with Gasteiger partial charge in [0.1, 0.15) is 12.2 Å². The van der Waals surface area contributed by atoms with E-state index in [1.54, 1.807) is 0 Å². The highest BCUT2D eigenvalue weighted by Gasteiger charge is 2.50. The smallest absolute Gasteiger partial charge is 0.188 e. The van der Waals surface area contributed by atoms with Crippen molar-refractivity contribution >= 4 is 0 Å². The first-order chi connectivity index (χ1) is 5.52. The topological polar surface area (TPSA) is 110 Å². The summed E-state index contributed by atoms with van der Waals surface area (Å²) in [6, 6.07) is 0. The second kappa shape index (κ2) is 3.25. The van der Waals surface area contributed by atoms with E-state index in [2.05, 4.69) is 4.74 Å². The van der Waals surface area contributed by atoms with Gasteiger partial charge in [-0.1, -0.05) is 0 Å². The van der Waals surface area contributed by atoms with Gasteiger partial charge in [-0.15, -0.1) is 0 Å². The Hall–Kier alpha value is -0.240. The number of rotatable bonds is 1. The normalized spacial score (nSPS) is 49.2. The van der Waals surface area contributed by atoms with Gasteiger partial charge in [-0.25, -0.2) is 0 Å². The summed E-state index contributed by atoms with van der Waals surface area (Å²) in [7, 11) is 0. The number of aliphatic hydroxyl groups is 5. The molecular weight excluding hydrogens is 168 g/mol. The van der Waals surface area contributed by atoms with Gasteiger partial charge in [0.15, 0.2) is 11.9 Å².